The molecule has 2 amide bonds. The second-order valence-corrected chi connectivity index (χ2v) is 8.23. The van der Waals surface area contributed by atoms with Gasteiger partial charge in [-0.05, 0) is 28.7 Å². The average Bonchev–Trinajstić information content (AvgIpc) is 3.31. The summed E-state index contributed by atoms with van der Waals surface area (Å²) in [5.41, 5.74) is 4.16. The molecule has 2 aliphatic rings. The molecule has 1 heterocycles. The number of benzene rings is 2. The third-order valence-electron chi connectivity index (χ3n) is 6.07. The molecular weight excluding hydrogens is 434 g/mol. The SMILES string of the molecule is O=C(O)CCC(NC(=O)OCC1c2ccccc2-c2ccccc21)C(=O)N1C[C@@H](F)[C@@H](F)C1. The Labute approximate surface area is 189 Å². The highest BCUT2D eigenvalue weighted by molar-refractivity contribution is 5.86. The van der Waals surface area contributed by atoms with Gasteiger partial charge in [-0.15, -0.1) is 0 Å². The van der Waals surface area contributed by atoms with Crippen molar-refractivity contribution in [3.63, 3.8) is 0 Å². The Kier molecular flexibility index (Phi) is 6.57. The summed E-state index contributed by atoms with van der Waals surface area (Å²) in [6.45, 7) is -0.853. The molecule has 174 valence electrons. The fourth-order valence-electron chi connectivity index (χ4n) is 4.43. The third-order valence-corrected chi connectivity index (χ3v) is 6.07. The van der Waals surface area contributed by atoms with Crippen molar-refractivity contribution < 1.29 is 33.0 Å². The van der Waals surface area contributed by atoms with Gasteiger partial charge in [0.15, 0.2) is 12.3 Å². The number of alkyl halides is 2. The molecule has 0 radical (unpaired) electrons. The number of carboxylic acid groups (broad SMARTS) is 1. The highest BCUT2D eigenvalue weighted by atomic mass is 19.2. The second kappa shape index (κ2) is 9.56. The molecule has 2 aromatic rings. The Hall–Kier alpha value is -3.49. The van der Waals surface area contributed by atoms with Crippen LogP contribution in [0.2, 0.25) is 0 Å². The van der Waals surface area contributed by atoms with Crippen LogP contribution in [0.1, 0.15) is 29.9 Å². The minimum absolute atomic E-state index is 0.0164. The molecule has 1 aliphatic carbocycles. The molecule has 2 aromatic carbocycles. The van der Waals surface area contributed by atoms with E-state index in [1.165, 1.54) is 0 Å². The number of nitrogens with one attached hydrogen (secondary N) is 1. The summed E-state index contributed by atoms with van der Waals surface area (Å²) < 4.78 is 32.5. The normalized spacial score (nSPS) is 20.1. The van der Waals surface area contributed by atoms with E-state index in [0.717, 1.165) is 27.2 Å². The summed E-state index contributed by atoms with van der Waals surface area (Å²) in [5.74, 6) is -2.07. The van der Waals surface area contributed by atoms with Crippen LogP contribution in [0.4, 0.5) is 13.6 Å². The minimum Gasteiger partial charge on any atom is -0.481 e. The molecule has 4 rings (SSSR count). The molecule has 33 heavy (non-hydrogen) atoms. The topological polar surface area (TPSA) is 95.9 Å². The van der Waals surface area contributed by atoms with Gasteiger partial charge in [-0.1, -0.05) is 48.5 Å². The molecule has 9 heteroatoms. The lowest BCUT2D eigenvalue weighted by Gasteiger charge is -2.23. The monoisotopic (exact) mass is 458 g/mol. The van der Waals surface area contributed by atoms with Gasteiger partial charge in [-0.3, -0.25) is 9.59 Å². The van der Waals surface area contributed by atoms with E-state index in [0.29, 0.717) is 0 Å². The molecular formula is C24H24F2N2O5. The first-order valence-corrected chi connectivity index (χ1v) is 10.8. The van der Waals surface area contributed by atoms with Gasteiger partial charge in [0.2, 0.25) is 5.91 Å². The second-order valence-electron chi connectivity index (χ2n) is 8.23. The van der Waals surface area contributed by atoms with E-state index in [4.69, 9.17) is 9.84 Å². The smallest absolute Gasteiger partial charge is 0.407 e. The van der Waals surface area contributed by atoms with Crippen LogP contribution in [-0.2, 0) is 14.3 Å². The fourth-order valence-corrected chi connectivity index (χ4v) is 4.43. The first-order valence-electron chi connectivity index (χ1n) is 10.8. The van der Waals surface area contributed by atoms with Crippen LogP contribution in [0.15, 0.2) is 48.5 Å². The van der Waals surface area contributed by atoms with E-state index in [1.54, 1.807) is 0 Å². The fraction of sp³-hybridized carbons (Fsp3) is 0.375. The number of carboxylic acids is 1. The summed E-state index contributed by atoms with van der Waals surface area (Å²) in [6.07, 6.45) is -5.12. The first kappa shape index (κ1) is 22.7. The van der Waals surface area contributed by atoms with Crippen LogP contribution in [0, 0.1) is 0 Å². The molecule has 3 atom stereocenters. The summed E-state index contributed by atoms with van der Waals surface area (Å²) in [4.78, 5) is 37.2. The Morgan fingerprint density at radius 2 is 1.55 bits per heavy atom. The molecule has 2 N–H and O–H groups in total. The molecule has 0 saturated carbocycles. The van der Waals surface area contributed by atoms with Crippen molar-refractivity contribution in [3.05, 3.63) is 59.7 Å². The van der Waals surface area contributed by atoms with Crippen molar-refractivity contribution in [1.29, 1.82) is 0 Å². The number of carbonyl (C=O) groups excluding carboxylic acids is 2. The number of hydrogen-bond donors (Lipinski definition) is 2. The number of halogens is 2. The quantitative estimate of drug-likeness (QED) is 0.664. The van der Waals surface area contributed by atoms with Gasteiger partial charge >= 0.3 is 12.1 Å². The molecule has 0 aromatic heterocycles. The lowest BCUT2D eigenvalue weighted by molar-refractivity contribution is -0.138. The minimum atomic E-state index is -1.80. The lowest BCUT2D eigenvalue weighted by Crippen LogP contribution is -2.48. The van der Waals surface area contributed by atoms with E-state index in [-0.39, 0.29) is 18.9 Å². The van der Waals surface area contributed by atoms with Crippen molar-refractivity contribution in [3.8, 4) is 11.1 Å². The van der Waals surface area contributed by atoms with E-state index >= 15 is 0 Å². The molecule has 1 unspecified atom stereocenters. The van der Waals surface area contributed by atoms with E-state index < -0.39 is 55.9 Å². The van der Waals surface area contributed by atoms with Crippen molar-refractivity contribution >= 4 is 18.0 Å². The van der Waals surface area contributed by atoms with Crippen molar-refractivity contribution in [2.45, 2.75) is 37.1 Å². The first-order chi connectivity index (χ1) is 15.8. The van der Waals surface area contributed by atoms with Crippen LogP contribution in [0.3, 0.4) is 0 Å². The zero-order valence-corrected chi connectivity index (χ0v) is 17.7. The number of rotatable bonds is 7. The maximum absolute atomic E-state index is 13.5. The summed E-state index contributed by atoms with van der Waals surface area (Å²) in [7, 11) is 0. The lowest BCUT2D eigenvalue weighted by atomic mass is 9.98. The summed E-state index contributed by atoms with van der Waals surface area (Å²) >= 11 is 0. The molecule has 0 bridgehead atoms. The van der Waals surface area contributed by atoms with Gasteiger partial charge in [0.25, 0.3) is 0 Å². The van der Waals surface area contributed by atoms with E-state index in [2.05, 4.69) is 5.32 Å². The zero-order chi connectivity index (χ0) is 23.5. The van der Waals surface area contributed by atoms with Gasteiger partial charge in [0.1, 0.15) is 12.6 Å². The largest absolute Gasteiger partial charge is 0.481 e. The number of alkyl carbamates (subject to hydrolysis) is 1. The maximum atomic E-state index is 13.5. The number of fused-ring (bicyclic) bond motifs is 3. The van der Waals surface area contributed by atoms with E-state index in [9.17, 15) is 23.2 Å². The Morgan fingerprint density at radius 3 is 2.09 bits per heavy atom. The highest BCUT2D eigenvalue weighted by Gasteiger charge is 2.38. The molecule has 0 spiro atoms. The van der Waals surface area contributed by atoms with Crippen molar-refractivity contribution in [2.24, 2.45) is 0 Å². The highest BCUT2D eigenvalue weighted by Crippen LogP contribution is 2.44. The number of amides is 2. The van der Waals surface area contributed by atoms with Gasteiger partial charge in [-0.25, -0.2) is 13.6 Å². The summed E-state index contributed by atoms with van der Waals surface area (Å²) in [6, 6.07) is 14.4. The van der Waals surface area contributed by atoms with Gasteiger partial charge in [0, 0.05) is 12.3 Å². The summed E-state index contributed by atoms with van der Waals surface area (Å²) in [5, 5.41) is 11.4. The zero-order valence-electron chi connectivity index (χ0n) is 17.7. The number of likely N-dealkylation sites (tertiary alicyclic amines) is 1. The standard InChI is InChI=1S/C24H24F2N2O5/c25-19-11-28(12-20(19)26)23(31)21(9-10-22(29)30)27-24(32)33-13-18-16-7-3-1-5-14(16)15-6-2-4-8-17(15)18/h1-8,18-21H,9-13H2,(H,27,32)(H,29,30)/t19-,20+,21?. The molecule has 1 saturated heterocycles. The number of carbonyl (C=O) groups is 3. The van der Waals surface area contributed by atoms with Crippen LogP contribution in [0.25, 0.3) is 11.1 Å². The van der Waals surface area contributed by atoms with Crippen LogP contribution in [-0.4, -0.2) is 66.1 Å². The maximum Gasteiger partial charge on any atom is 0.407 e. The Bertz CT molecular complexity index is 1010. The number of aliphatic carboxylic acids is 1. The van der Waals surface area contributed by atoms with Crippen LogP contribution in [0.5, 0.6) is 0 Å². The van der Waals surface area contributed by atoms with Gasteiger partial charge in [-0.2, -0.15) is 0 Å². The van der Waals surface area contributed by atoms with Gasteiger partial charge in [0.05, 0.1) is 13.1 Å². The number of hydrogen-bond acceptors (Lipinski definition) is 4. The van der Waals surface area contributed by atoms with Crippen molar-refractivity contribution in [2.75, 3.05) is 19.7 Å². The molecule has 1 fully saturated rings. The van der Waals surface area contributed by atoms with Crippen LogP contribution >= 0.6 is 0 Å². The number of nitrogens with zero attached hydrogens (tertiary/aromatic N) is 1. The van der Waals surface area contributed by atoms with Crippen molar-refractivity contribution in [1.82, 2.24) is 10.2 Å². The van der Waals surface area contributed by atoms with Crippen LogP contribution < -0.4 is 5.32 Å². The Morgan fingerprint density at radius 1 is 1.00 bits per heavy atom. The third kappa shape index (κ3) is 4.81. The predicted molar refractivity (Wildman–Crippen MR) is 115 cm³/mol. The molecule has 7 nitrogen and oxygen atoms in total. The van der Waals surface area contributed by atoms with Gasteiger partial charge < -0.3 is 20.1 Å². The van der Waals surface area contributed by atoms with E-state index in [1.807, 2.05) is 48.5 Å². The number of ether oxygens (including phenoxy) is 1. The predicted octanol–water partition coefficient (Wildman–Crippen LogP) is 3.28. The average molecular weight is 458 g/mol. The Balaban J connectivity index is 1.42. The molecule has 1 aliphatic heterocycles.